The number of hydrogen-bond donors (Lipinski definition) is 2. The second kappa shape index (κ2) is 4.94. The van der Waals surface area contributed by atoms with Crippen molar-refractivity contribution in [1.29, 1.82) is 0 Å². The standard InChI is InChI=1S/C15H13N3OS/c1-9-6-13(16)12(8-17-9)15(19)18-11-2-3-14-10(7-11)4-5-20-14/h2-8H,1H3,(H2,16,17)(H,18,19). The molecule has 5 heteroatoms. The number of aryl methyl sites for hydroxylation is 1. The molecular weight excluding hydrogens is 270 g/mol. The summed E-state index contributed by atoms with van der Waals surface area (Å²) >= 11 is 1.67. The molecule has 3 aromatic rings. The Morgan fingerprint density at radius 3 is 2.95 bits per heavy atom. The minimum atomic E-state index is -0.246. The minimum absolute atomic E-state index is 0.246. The molecule has 2 heterocycles. The first kappa shape index (κ1) is 12.6. The van der Waals surface area contributed by atoms with E-state index < -0.39 is 0 Å². The first-order valence-electron chi connectivity index (χ1n) is 6.14. The molecule has 0 aliphatic carbocycles. The number of carbonyl (C=O) groups is 1. The number of rotatable bonds is 2. The molecule has 3 N–H and O–H groups in total. The second-order valence-electron chi connectivity index (χ2n) is 4.54. The molecule has 0 aliphatic heterocycles. The van der Waals surface area contributed by atoms with E-state index in [0.29, 0.717) is 11.3 Å². The Hall–Kier alpha value is -2.40. The lowest BCUT2D eigenvalue weighted by Gasteiger charge is -2.08. The van der Waals surface area contributed by atoms with Crippen molar-refractivity contribution in [3.05, 3.63) is 53.2 Å². The maximum absolute atomic E-state index is 12.2. The predicted octanol–water partition coefficient (Wildman–Crippen LogP) is 3.44. The van der Waals surface area contributed by atoms with E-state index in [-0.39, 0.29) is 5.91 Å². The van der Waals surface area contributed by atoms with Crippen molar-refractivity contribution in [3.8, 4) is 0 Å². The van der Waals surface area contributed by atoms with Gasteiger partial charge in [-0.05, 0) is 48.0 Å². The van der Waals surface area contributed by atoms with Crippen LogP contribution in [0.25, 0.3) is 10.1 Å². The summed E-state index contributed by atoms with van der Waals surface area (Å²) in [5.41, 5.74) is 8.22. The maximum Gasteiger partial charge on any atom is 0.259 e. The van der Waals surface area contributed by atoms with Crippen LogP contribution in [0.1, 0.15) is 16.1 Å². The summed E-state index contributed by atoms with van der Waals surface area (Å²) in [5.74, 6) is -0.246. The summed E-state index contributed by atoms with van der Waals surface area (Å²) in [6.45, 7) is 1.84. The van der Waals surface area contributed by atoms with E-state index in [1.54, 1.807) is 17.4 Å². The van der Waals surface area contributed by atoms with E-state index in [0.717, 1.165) is 16.8 Å². The van der Waals surface area contributed by atoms with Crippen molar-refractivity contribution in [2.24, 2.45) is 0 Å². The number of fused-ring (bicyclic) bond motifs is 1. The molecule has 1 aromatic carbocycles. The Morgan fingerprint density at radius 2 is 2.15 bits per heavy atom. The first-order chi connectivity index (χ1) is 9.63. The van der Waals surface area contributed by atoms with E-state index in [1.165, 1.54) is 10.9 Å². The van der Waals surface area contributed by atoms with Crippen LogP contribution in [0, 0.1) is 6.92 Å². The highest BCUT2D eigenvalue weighted by Crippen LogP contribution is 2.24. The zero-order chi connectivity index (χ0) is 14.1. The quantitative estimate of drug-likeness (QED) is 0.757. The zero-order valence-electron chi connectivity index (χ0n) is 10.9. The zero-order valence-corrected chi connectivity index (χ0v) is 11.7. The number of hydrogen-bond acceptors (Lipinski definition) is 4. The number of aromatic nitrogens is 1. The van der Waals surface area contributed by atoms with Gasteiger partial charge < -0.3 is 11.1 Å². The maximum atomic E-state index is 12.2. The van der Waals surface area contributed by atoms with Crippen molar-refractivity contribution in [1.82, 2.24) is 4.98 Å². The SMILES string of the molecule is Cc1cc(N)c(C(=O)Nc2ccc3sccc3c2)cn1. The van der Waals surface area contributed by atoms with Gasteiger partial charge in [0.25, 0.3) is 5.91 Å². The molecular formula is C15H13N3OS. The topological polar surface area (TPSA) is 68.0 Å². The van der Waals surface area contributed by atoms with Gasteiger partial charge in [-0.3, -0.25) is 9.78 Å². The van der Waals surface area contributed by atoms with Crippen LogP contribution in [0.4, 0.5) is 11.4 Å². The third kappa shape index (κ3) is 2.35. The molecule has 0 spiro atoms. The number of nitrogens with two attached hydrogens (primary N) is 1. The largest absolute Gasteiger partial charge is 0.398 e. The molecule has 1 amide bonds. The predicted molar refractivity (Wildman–Crippen MR) is 83.2 cm³/mol. The molecule has 4 nitrogen and oxygen atoms in total. The van der Waals surface area contributed by atoms with Gasteiger partial charge in [0.1, 0.15) is 0 Å². The lowest BCUT2D eigenvalue weighted by Crippen LogP contribution is -2.14. The Bertz CT molecular complexity index is 795. The lowest BCUT2D eigenvalue weighted by atomic mass is 10.2. The van der Waals surface area contributed by atoms with Crippen LogP contribution < -0.4 is 11.1 Å². The van der Waals surface area contributed by atoms with Crippen LogP contribution in [0.3, 0.4) is 0 Å². The average molecular weight is 283 g/mol. The molecule has 2 aromatic heterocycles. The second-order valence-corrected chi connectivity index (χ2v) is 5.49. The van der Waals surface area contributed by atoms with Gasteiger partial charge in [-0.1, -0.05) is 0 Å². The number of nitrogens with zero attached hydrogens (tertiary/aromatic N) is 1. The van der Waals surface area contributed by atoms with E-state index in [4.69, 9.17) is 5.73 Å². The molecule has 0 atom stereocenters. The summed E-state index contributed by atoms with van der Waals surface area (Å²) in [5, 5.41) is 5.99. The molecule has 0 unspecified atom stereocenters. The Labute approximate surface area is 120 Å². The smallest absolute Gasteiger partial charge is 0.259 e. The normalized spacial score (nSPS) is 10.7. The number of thiophene rings is 1. The fourth-order valence-corrected chi connectivity index (χ4v) is 2.78. The third-order valence-electron chi connectivity index (χ3n) is 3.03. The van der Waals surface area contributed by atoms with E-state index in [2.05, 4.69) is 10.3 Å². The van der Waals surface area contributed by atoms with Gasteiger partial charge in [0, 0.05) is 28.0 Å². The number of nitrogen functional groups attached to an aromatic ring is 1. The summed E-state index contributed by atoms with van der Waals surface area (Å²) in [7, 11) is 0. The van der Waals surface area contributed by atoms with Gasteiger partial charge in [0.15, 0.2) is 0 Å². The van der Waals surface area contributed by atoms with Gasteiger partial charge in [0.2, 0.25) is 0 Å². The number of benzene rings is 1. The van der Waals surface area contributed by atoms with Crippen molar-refractivity contribution >= 4 is 38.7 Å². The third-order valence-corrected chi connectivity index (χ3v) is 3.93. The van der Waals surface area contributed by atoms with Gasteiger partial charge in [0.05, 0.1) is 5.56 Å². The number of pyridine rings is 1. The van der Waals surface area contributed by atoms with E-state index in [1.807, 2.05) is 36.6 Å². The molecule has 0 saturated carbocycles. The van der Waals surface area contributed by atoms with Crippen molar-refractivity contribution < 1.29 is 4.79 Å². The average Bonchev–Trinajstić information content (AvgIpc) is 2.85. The van der Waals surface area contributed by atoms with Crippen molar-refractivity contribution in [2.75, 3.05) is 11.1 Å². The number of amides is 1. The monoisotopic (exact) mass is 283 g/mol. The molecule has 0 fully saturated rings. The van der Waals surface area contributed by atoms with Crippen LogP contribution in [0.15, 0.2) is 41.9 Å². The number of nitrogens with one attached hydrogen (secondary N) is 1. The van der Waals surface area contributed by atoms with Gasteiger partial charge in [-0.15, -0.1) is 11.3 Å². The van der Waals surface area contributed by atoms with Crippen molar-refractivity contribution in [2.45, 2.75) is 6.92 Å². The van der Waals surface area contributed by atoms with Crippen molar-refractivity contribution in [3.63, 3.8) is 0 Å². The van der Waals surface area contributed by atoms with Crippen LogP contribution in [0.5, 0.6) is 0 Å². The summed E-state index contributed by atoms with van der Waals surface area (Å²) < 4.78 is 1.19. The molecule has 100 valence electrons. The Kier molecular flexibility index (Phi) is 3.12. The van der Waals surface area contributed by atoms with Gasteiger partial charge in [-0.2, -0.15) is 0 Å². The molecule has 20 heavy (non-hydrogen) atoms. The van der Waals surface area contributed by atoms with Crippen LogP contribution in [-0.4, -0.2) is 10.9 Å². The van der Waals surface area contributed by atoms with E-state index in [9.17, 15) is 4.79 Å². The highest BCUT2D eigenvalue weighted by molar-refractivity contribution is 7.17. The minimum Gasteiger partial charge on any atom is -0.398 e. The first-order valence-corrected chi connectivity index (χ1v) is 7.02. The number of carbonyl (C=O) groups excluding carboxylic acids is 1. The molecule has 0 radical (unpaired) electrons. The van der Waals surface area contributed by atoms with Gasteiger partial charge in [-0.25, -0.2) is 0 Å². The molecule has 3 rings (SSSR count). The van der Waals surface area contributed by atoms with E-state index >= 15 is 0 Å². The summed E-state index contributed by atoms with van der Waals surface area (Å²) in [6, 6.07) is 9.54. The molecule has 0 saturated heterocycles. The summed E-state index contributed by atoms with van der Waals surface area (Å²) in [4.78, 5) is 16.3. The lowest BCUT2D eigenvalue weighted by molar-refractivity contribution is 0.102. The van der Waals surface area contributed by atoms with Crippen LogP contribution in [0.2, 0.25) is 0 Å². The van der Waals surface area contributed by atoms with Crippen LogP contribution in [-0.2, 0) is 0 Å². The molecule has 0 bridgehead atoms. The summed E-state index contributed by atoms with van der Waals surface area (Å²) in [6.07, 6.45) is 1.50. The Morgan fingerprint density at radius 1 is 1.30 bits per heavy atom. The number of anilines is 2. The fourth-order valence-electron chi connectivity index (χ4n) is 2.01. The van der Waals surface area contributed by atoms with Crippen LogP contribution >= 0.6 is 11.3 Å². The Balaban J connectivity index is 1.87. The van der Waals surface area contributed by atoms with Gasteiger partial charge >= 0.3 is 0 Å². The fraction of sp³-hybridized carbons (Fsp3) is 0.0667. The molecule has 0 aliphatic rings. The highest BCUT2D eigenvalue weighted by Gasteiger charge is 2.11. The highest BCUT2D eigenvalue weighted by atomic mass is 32.1.